The van der Waals surface area contributed by atoms with Crippen molar-refractivity contribution in [2.45, 2.75) is 52.0 Å². The molecule has 1 amide bonds. The average molecular weight is 250 g/mol. The number of piperidine rings is 1. The molecular weight excluding hydrogens is 224 g/mol. The van der Waals surface area contributed by atoms with Crippen LogP contribution in [0, 0.1) is 17.3 Å². The lowest BCUT2D eigenvalue weighted by Gasteiger charge is -2.27. The van der Waals surface area contributed by atoms with Crippen LogP contribution in [0.5, 0.6) is 0 Å². The van der Waals surface area contributed by atoms with Crippen molar-refractivity contribution in [3.63, 3.8) is 0 Å². The van der Waals surface area contributed by atoms with Crippen molar-refractivity contribution < 1.29 is 4.79 Å². The highest BCUT2D eigenvalue weighted by atomic mass is 16.2. The number of carbonyl (C=O) groups excluding carboxylic acids is 1. The van der Waals surface area contributed by atoms with Crippen LogP contribution in [0.1, 0.15) is 46.0 Å². The molecule has 3 atom stereocenters. The summed E-state index contributed by atoms with van der Waals surface area (Å²) in [6.07, 6.45) is 5.92. The first-order valence-corrected chi connectivity index (χ1v) is 7.67. The Hall–Kier alpha value is -0.570. The molecule has 3 heteroatoms. The van der Waals surface area contributed by atoms with Crippen molar-refractivity contribution in [2.24, 2.45) is 17.3 Å². The minimum Gasteiger partial charge on any atom is -0.339 e. The van der Waals surface area contributed by atoms with E-state index in [9.17, 15) is 4.79 Å². The van der Waals surface area contributed by atoms with Gasteiger partial charge in [0.25, 0.3) is 0 Å². The van der Waals surface area contributed by atoms with Gasteiger partial charge >= 0.3 is 0 Å². The lowest BCUT2D eigenvalue weighted by atomic mass is 9.91. The molecule has 2 saturated heterocycles. The fourth-order valence-corrected chi connectivity index (χ4v) is 4.18. The molecule has 0 aromatic rings. The molecule has 1 N–H and O–H groups in total. The summed E-state index contributed by atoms with van der Waals surface area (Å²) in [5.74, 6) is 1.54. The first-order valence-electron chi connectivity index (χ1n) is 7.67. The summed E-state index contributed by atoms with van der Waals surface area (Å²) in [6.45, 7) is 7.72. The summed E-state index contributed by atoms with van der Waals surface area (Å²) in [5, 5.41) is 3.41. The van der Waals surface area contributed by atoms with Crippen LogP contribution in [0.25, 0.3) is 0 Å². The summed E-state index contributed by atoms with van der Waals surface area (Å²) < 4.78 is 0. The van der Waals surface area contributed by atoms with Crippen molar-refractivity contribution in [3.8, 4) is 0 Å². The van der Waals surface area contributed by atoms with Gasteiger partial charge in [-0.25, -0.2) is 0 Å². The van der Waals surface area contributed by atoms with E-state index in [2.05, 4.69) is 24.1 Å². The van der Waals surface area contributed by atoms with E-state index in [-0.39, 0.29) is 0 Å². The Morgan fingerprint density at radius 1 is 1.39 bits per heavy atom. The number of nitrogens with one attached hydrogen (secondary N) is 1. The first kappa shape index (κ1) is 12.5. The van der Waals surface area contributed by atoms with E-state index in [1.165, 1.54) is 19.3 Å². The van der Waals surface area contributed by atoms with Crippen LogP contribution >= 0.6 is 0 Å². The minimum absolute atomic E-state index is 0.360. The Morgan fingerprint density at radius 3 is 2.78 bits per heavy atom. The number of amides is 1. The van der Waals surface area contributed by atoms with E-state index >= 15 is 0 Å². The lowest BCUT2D eigenvalue weighted by molar-refractivity contribution is -0.134. The Kier molecular flexibility index (Phi) is 3.13. The SMILES string of the molecule is CCC1CC(C)CN1C(=O)C1CC12CCNCC2. The van der Waals surface area contributed by atoms with Gasteiger partial charge in [-0.3, -0.25) is 4.79 Å². The van der Waals surface area contributed by atoms with Crippen LogP contribution in [-0.2, 0) is 4.79 Å². The third-order valence-electron chi connectivity index (χ3n) is 5.47. The van der Waals surface area contributed by atoms with Gasteiger partial charge in [0, 0.05) is 18.5 Å². The third kappa shape index (κ3) is 1.97. The van der Waals surface area contributed by atoms with Gasteiger partial charge in [-0.15, -0.1) is 0 Å². The lowest BCUT2D eigenvalue weighted by Crippen LogP contribution is -2.39. The minimum atomic E-state index is 0.360. The van der Waals surface area contributed by atoms with Gasteiger partial charge in [-0.2, -0.15) is 0 Å². The standard InChI is InChI=1S/C15H26N2O/c1-3-12-8-11(2)10-17(12)14(18)13-9-15(13)4-6-16-7-5-15/h11-13,16H,3-10H2,1-2H3. The largest absolute Gasteiger partial charge is 0.339 e. The molecule has 18 heavy (non-hydrogen) atoms. The normalized spacial score (nSPS) is 38.1. The van der Waals surface area contributed by atoms with Crippen LogP contribution in [0.3, 0.4) is 0 Å². The molecule has 1 saturated carbocycles. The summed E-state index contributed by atoms with van der Waals surface area (Å²) in [7, 11) is 0. The summed E-state index contributed by atoms with van der Waals surface area (Å²) in [4.78, 5) is 14.9. The maximum Gasteiger partial charge on any atom is 0.226 e. The van der Waals surface area contributed by atoms with E-state index < -0.39 is 0 Å². The second kappa shape index (κ2) is 4.52. The zero-order valence-electron chi connectivity index (χ0n) is 11.7. The molecule has 2 aliphatic heterocycles. The van der Waals surface area contributed by atoms with E-state index in [0.29, 0.717) is 29.2 Å². The number of carbonyl (C=O) groups is 1. The van der Waals surface area contributed by atoms with Crippen molar-refractivity contribution in [1.82, 2.24) is 10.2 Å². The monoisotopic (exact) mass is 250 g/mol. The maximum absolute atomic E-state index is 12.7. The summed E-state index contributed by atoms with van der Waals surface area (Å²) in [6, 6.07) is 0.520. The molecule has 1 spiro atoms. The third-order valence-corrected chi connectivity index (χ3v) is 5.47. The zero-order valence-corrected chi connectivity index (χ0v) is 11.7. The topological polar surface area (TPSA) is 32.3 Å². The molecule has 3 nitrogen and oxygen atoms in total. The molecular formula is C15H26N2O. The molecule has 3 unspecified atom stereocenters. The van der Waals surface area contributed by atoms with Gasteiger partial charge in [0.15, 0.2) is 0 Å². The smallest absolute Gasteiger partial charge is 0.226 e. The first-order chi connectivity index (χ1) is 8.66. The molecule has 0 aromatic carbocycles. The molecule has 3 aliphatic rings. The molecule has 3 rings (SSSR count). The average Bonchev–Trinajstić information content (AvgIpc) is 2.92. The van der Waals surface area contributed by atoms with Crippen LogP contribution in [0.2, 0.25) is 0 Å². The number of rotatable bonds is 2. The highest BCUT2D eigenvalue weighted by molar-refractivity contribution is 5.83. The predicted octanol–water partition coefficient (Wildman–Crippen LogP) is 2.02. The Labute approximate surface area is 110 Å². The van der Waals surface area contributed by atoms with Crippen LogP contribution in [-0.4, -0.2) is 36.5 Å². The maximum atomic E-state index is 12.7. The predicted molar refractivity (Wildman–Crippen MR) is 72.2 cm³/mol. The van der Waals surface area contributed by atoms with Crippen molar-refractivity contribution in [1.29, 1.82) is 0 Å². The van der Waals surface area contributed by atoms with Crippen LogP contribution < -0.4 is 5.32 Å². The number of nitrogens with zero attached hydrogens (tertiary/aromatic N) is 1. The van der Waals surface area contributed by atoms with Gasteiger partial charge in [0.2, 0.25) is 5.91 Å². The Balaban J connectivity index is 1.65. The van der Waals surface area contributed by atoms with Crippen molar-refractivity contribution in [2.75, 3.05) is 19.6 Å². The zero-order chi connectivity index (χ0) is 12.8. The number of likely N-dealkylation sites (tertiary alicyclic amines) is 1. The molecule has 1 aliphatic carbocycles. The van der Waals surface area contributed by atoms with Gasteiger partial charge in [-0.1, -0.05) is 13.8 Å². The van der Waals surface area contributed by atoms with E-state index in [0.717, 1.165) is 32.5 Å². The van der Waals surface area contributed by atoms with Gasteiger partial charge in [-0.05, 0) is 56.5 Å². The Bertz CT molecular complexity index is 335. The van der Waals surface area contributed by atoms with E-state index in [1.54, 1.807) is 0 Å². The molecule has 0 bridgehead atoms. The molecule has 2 heterocycles. The Morgan fingerprint density at radius 2 is 2.11 bits per heavy atom. The number of hydrogen-bond donors (Lipinski definition) is 1. The van der Waals surface area contributed by atoms with Gasteiger partial charge < -0.3 is 10.2 Å². The molecule has 3 fully saturated rings. The molecule has 0 aromatic heterocycles. The summed E-state index contributed by atoms with van der Waals surface area (Å²) >= 11 is 0. The van der Waals surface area contributed by atoms with E-state index in [1.807, 2.05) is 0 Å². The summed E-state index contributed by atoms with van der Waals surface area (Å²) in [5.41, 5.74) is 0.395. The fourth-order valence-electron chi connectivity index (χ4n) is 4.18. The van der Waals surface area contributed by atoms with E-state index in [4.69, 9.17) is 0 Å². The second-order valence-corrected chi connectivity index (χ2v) is 6.76. The molecule has 0 radical (unpaired) electrons. The fraction of sp³-hybridized carbons (Fsp3) is 0.933. The van der Waals surface area contributed by atoms with Crippen LogP contribution in [0.4, 0.5) is 0 Å². The van der Waals surface area contributed by atoms with Gasteiger partial charge in [0.1, 0.15) is 0 Å². The van der Waals surface area contributed by atoms with Crippen molar-refractivity contribution in [3.05, 3.63) is 0 Å². The van der Waals surface area contributed by atoms with Crippen molar-refractivity contribution >= 4 is 5.91 Å². The number of hydrogen-bond acceptors (Lipinski definition) is 2. The quantitative estimate of drug-likeness (QED) is 0.813. The van der Waals surface area contributed by atoms with Crippen LogP contribution in [0.15, 0.2) is 0 Å². The highest BCUT2D eigenvalue weighted by Crippen LogP contribution is 2.59. The highest BCUT2D eigenvalue weighted by Gasteiger charge is 2.59. The van der Waals surface area contributed by atoms with Gasteiger partial charge in [0.05, 0.1) is 0 Å². The molecule has 102 valence electrons. The second-order valence-electron chi connectivity index (χ2n) is 6.76.